The summed E-state index contributed by atoms with van der Waals surface area (Å²) in [6.07, 6.45) is 3.90. The second-order valence-corrected chi connectivity index (χ2v) is 7.21. The van der Waals surface area contributed by atoms with Gasteiger partial charge in [0.05, 0.1) is 17.2 Å². The first-order valence-corrected chi connectivity index (χ1v) is 9.91. The van der Waals surface area contributed by atoms with E-state index in [1.807, 2.05) is 12.1 Å². The maximum Gasteiger partial charge on any atom is 0.339 e. The number of carbonyl (C=O) groups is 2. The van der Waals surface area contributed by atoms with Gasteiger partial charge in [-0.3, -0.25) is 4.79 Å². The van der Waals surface area contributed by atoms with E-state index in [1.54, 1.807) is 19.9 Å². The first-order chi connectivity index (χ1) is 13.5. The van der Waals surface area contributed by atoms with Crippen LogP contribution in [-0.2, 0) is 22.4 Å². The molecule has 0 fully saturated rings. The van der Waals surface area contributed by atoms with Crippen molar-refractivity contribution in [3.05, 3.63) is 58.1 Å². The molecular weight excluding hydrogens is 378 g/mol. The minimum Gasteiger partial charge on any atom is -0.481 e. The van der Waals surface area contributed by atoms with Gasteiger partial charge in [0.2, 0.25) is 0 Å². The van der Waals surface area contributed by atoms with Gasteiger partial charge in [-0.1, -0.05) is 17.7 Å². The van der Waals surface area contributed by atoms with E-state index < -0.39 is 12.1 Å². The summed E-state index contributed by atoms with van der Waals surface area (Å²) < 4.78 is 10.8. The zero-order valence-corrected chi connectivity index (χ0v) is 16.8. The molecule has 0 bridgehead atoms. The fourth-order valence-electron chi connectivity index (χ4n) is 3.25. The summed E-state index contributed by atoms with van der Waals surface area (Å²) in [7, 11) is 0. The number of hydrogen-bond acceptors (Lipinski definition) is 4. The predicted molar refractivity (Wildman–Crippen MR) is 109 cm³/mol. The summed E-state index contributed by atoms with van der Waals surface area (Å²) in [6.45, 7) is 3.69. The Morgan fingerprint density at radius 1 is 1.11 bits per heavy atom. The lowest BCUT2D eigenvalue weighted by Gasteiger charge is -2.19. The molecule has 2 aromatic rings. The molecule has 0 aromatic heterocycles. The second-order valence-electron chi connectivity index (χ2n) is 6.80. The third-order valence-electron chi connectivity index (χ3n) is 4.73. The van der Waals surface area contributed by atoms with Gasteiger partial charge in [0, 0.05) is 5.69 Å². The average molecular weight is 402 g/mol. The summed E-state index contributed by atoms with van der Waals surface area (Å²) in [6, 6.07) is 10.7. The molecule has 1 aliphatic carbocycles. The lowest BCUT2D eigenvalue weighted by atomic mass is 9.92. The van der Waals surface area contributed by atoms with Crippen LogP contribution in [0.4, 0.5) is 5.69 Å². The van der Waals surface area contributed by atoms with Crippen molar-refractivity contribution in [2.75, 3.05) is 11.9 Å². The van der Waals surface area contributed by atoms with Gasteiger partial charge in [0.1, 0.15) is 5.75 Å². The highest BCUT2D eigenvalue weighted by Gasteiger charge is 2.18. The van der Waals surface area contributed by atoms with Gasteiger partial charge in [0.15, 0.2) is 6.10 Å². The second kappa shape index (κ2) is 9.11. The first kappa shape index (κ1) is 20.2. The number of halogens is 1. The number of amides is 1. The van der Waals surface area contributed by atoms with E-state index in [0.717, 1.165) is 12.8 Å². The van der Waals surface area contributed by atoms with Gasteiger partial charge in [-0.15, -0.1) is 0 Å². The summed E-state index contributed by atoms with van der Waals surface area (Å²) in [4.78, 5) is 24.3. The van der Waals surface area contributed by atoms with Crippen LogP contribution in [0.2, 0.25) is 5.02 Å². The minimum absolute atomic E-state index is 0.222. The van der Waals surface area contributed by atoms with E-state index in [0.29, 0.717) is 11.4 Å². The molecule has 28 heavy (non-hydrogen) atoms. The zero-order chi connectivity index (χ0) is 20.1. The molecule has 1 N–H and O–H groups in total. The number of ether oxygens (including phenoxy) is 2. The molecule has 3 rings (SSSR count). The smallest absolute Gasteiger partial charge is 0.339 e. The molecule has 1 unspecified atom stereocenters. The van der Waals surface area contributed by atoms with Crippen LogP contribution >= 0.6 is 11.6 Å². The van der Waals surface area contributed by atoms with Gasteiger partial charge in [0.25, 0.3) is 5.91 Å². The zero-order valence-electron chi connectivity index (χ0n) is 16.1. The number of anilines is 1. The Hall–Kier alpha value is -2.53. The van der Waals surface area contributed by atoms with Crippen LogP contribution < -0.4 is 10.1 Å². The molecule has 5 nitrogen and oxygen atoms in total. The summed E-state index contributed by atoms with van der Waals surface area (Å²) in [5, 5.41) is 2.98. The maximum absolute atomic E-state index is 12.5. The summed E-state index contributed by atoms with van der Waals surface area (Å²) >= 11 is 6.14. The molecule has 0 aliphatic heterocycles. The highest BCUT2D eigenvalue weighted by atomic mass is 35.5. The normalized spacial score (nSPS) is 14.0. The van der Waals surface area contributed by atoms with Crippen molar-refractivity contribution < 1.29 is 19.1 Å². The number of hydrogen-bond donors (Lipinski definition) is 1. The summed E-state index contributed by atoms with van der Waals surface area (Å²) in [5.74, 6) is -0.0915. The number of nitrogens with one attached hydrogen (secondary N) is 1. The van der Waals surface area contributed by atoms with Gasteiger partial charge in [-0.2, -0.15) is 0 Å². The molecule has 6 heteroatoms. The largest absolute Gasteiger partial charge is 0.481 e. The molecule has 0 heterocycles. The van der Waals surface area contributed by atoms with Crippen LogP contribution in [0.5, 0.6) is 5.75 Å². The molecule has 0 radical (unpaired) electrons. The Labute approximate surface area is 170 Å². The van der Waals surface area contributed by atoms with Crippen LogP contribution in [0, 0.1) is 0 Å². The number of aryl methyl sites for hydroxylation is 2. The van der Waals surface area contributed by atoms with Crippen LogP contribution in [0.1, 0.15) is 48.2 Å². The number of fused-ring (bicyclic) bond motifs is 1. The van der Waals surface area contributed by atoms with Gasteiger partial charge >= 0.3 is 5.97 Å². The molecule has 148 valence electrons. The fourth-order valence-corrected chi connectivity index (χ4v) is 3.51. The van der Waals surface area contributed by atoms with Crippen molar-refractivity contribution >= 4 is 29.2 Å². The van der Waals surface area contributed by atoms with E-state index in [-0.39, 0.29) is 23.1 Å². The van der Waals surface area contributed by atoms with Gasteiger partial charge in [-0.05, 0) is 81.0 Å². The van der Waals surface area contributed by atoms with Crippen molar-refractivity contribution in [3.63, 3.8) is 0 Å². The molecule has 1 atom stereocenters. The quantitative estimate of drug-likeness (QED) is 0.706. The van der Waals surface area contributed by atoms with E-state index in [4.69, 9.17) is 21.1 Å². The SMILES string of the molecule is CCOC(=O)c1ccc(NC(=O)C(C)Oc2ccc3c(c2)CCCC3)cc1Cl. The monoisotopic (exact) mass is 401 g/mol. The lowest BCUT2D eigenvalue weighted by Crippen LogP contribution is -2.30. The van der Waals surface area contributed by atoms with Crippen molar-refractivity contribution in [2.24, 2.45) is 0 Å². The van der Waals surface area contributed by atoms with Crippen LogP contribution in [0.3, 0.4) is 0 Å². The number of rotatable bonds is 6. The average Bonchev–Trinajstić information content (AvgIpc) is 2.68. The van der Waals surface area contributed by atoms with E-state index >= 15 is 0 Å². The Balaban J connectivity index is 1.62. The summed E-state index contributed by atoms with van der Waals surface area (Å²) in [5.41, 5.74) is 3.42. The van der Waals surface area contributed by atoms with Crippen molar-refractivity contribution in [1.82, 2.24) is 0 Å². The van der Waals surface area contributed by atoms with Crippen molar-refractivity contribution in [3.8, 4) is 5.75 Å². The van der Waals surface area contributed by atoms with Gasteiger partial charge in [-0.25, -0.2) is 4.79 Å². The maximum atomic E-state index is 12.5. The minimum atomic E-state index is -0.676. The Morgan fingerprint density at radius 2 is 1.86 bits per heavy atom. The molecular formula is C22H24ClNO4. The Kier molecular flexibility index (Phi) is 6.57. The molecule has 2 aromatic carbocycles. The van der Waals surface area contributed by atoms with Gasteiger partial charge < -0.3 is 14.8 Å². The molecule has 0 spiro atoms. The topological polar surface area (TPSA) is 64.6 Å². The molecule has 0 saturated carbocycles. The lowest BCUT2D eigenvalue weighted by molar-refractivity contribution is -0.122. The van der Waals surface area contributed by atoms with E-state index in [9.17, 15) is 9.59 Å². The Bertz CT molecular complexity index is 881. The molecule has 1 amide bonds. The third kappa shape index (κ3) is 4.84. The predicted octanol–water partition coefficient (Wildman–Crippen LogP) is 4.80. The van der Waals surface area contributed by atoms with Crippen LogP contribution in [-0.4, -0.2) is 24.6 Å². The molecule has 1 aliphatic rings. The highest BCUT2D eigenvalue weighted by Crippen LogP contribution is 2.26. The van der Waals surface area contributed by atoms with E-state index in [2.05, 4.69) is 11.4 Å². The van der Waals surface area contributed by atoms with Crippen molar-refractivity contribution in [2.45, 2.75) is 45.6 Å². The van der Waals surface area contributed by atoms with E-state index in [1.165, 1.54) is 36.1 Å². The molecule has 0 saturated heterocycles. The Morgan fingerprint density at radius 3 is 2.57 bits per heavy atom. The highest BCUT2D eigenvalue weighted by molar-refractivity contribution is 6.34. The third-order valence-corrected chi connectivity index (χ3v) is 5.05. The number of benzene rings is 2. The number of carbonyl (C=O) groups excluding carboxylic acids is 2. The van der Waals surface area contributed by atoms with Crippen molar-refractivity contribution in [1.29, 1.82) is 0 Å². The first-order valence-electron chi connectivity index (χ1n) is 9.54. The van der Waals surface area contributed by atoms with Crippen LogP contribution in [0.25, 0.3) is 0 Å². The van der Waals surface area contributed by atoms with Crippen LogP contribution in [0.15, 0.2) is 36.4 Å². The standard InChI is InChI=1S/C22H24ClNO4/c1-3-27-22(26)19-11-9-17(13-20(19)23)24-21(25)14(2)28-18-10-8-15-6-4-5-7-16(15)12-18/h8-14H,3-7H2,1-2H3,(H,24,25). The number of esters is 1. The fraction of sp³-hybridized carbons (Fsp3) is 0.364.